The van der Waals surface area contributed by atoms with Crippen molar-refractivity contribution in [2.75, 3.05) is 0 Å². The van der Waals surface area contributed by atoms with Crippen LogP contribution in [0.5, 0.6) is 5.75 Å². The number of phenolic OH excluding ortho intramolecular Hbond substituents is 1. The third-order valence-electron chi connectivity index (χ3n) is 5.35. The second-order valence-electron chi connectivity index (χ2n) is 7.46. The fourth-order valence-electron chi connectivity index (χ4n) is 3.60. The number of para-hydroxylation sites is 1. The number of nitrogens with zero attached hydrogens (tertiary/aromatic N) is 3. The van der Waals surface area contributed by atoms with E-state index in [0.29, 0.717) is 16.9 Å². The molecule has 7 nitrogen and oxygen atoms in total. The standard InChI is InChI=1S/C21H22N4O3S/c1-12-7-8-15-17(9-12)29-20-18(15)21(28)25(11-22-20)13(2)19(27)24-23-10-14-5-3-4-6-16(14)26/h3-6,10-13,26H,7-9H2,1-2H3,(H,24,27)/t12-,13-/m1/s1. The SMILES string of the molecule is C[C@@H]1CCc2c(sc3ncn([C@H](C)C(=O)NN=Cc4ccccc4O)c(=O)c23)C1. The largest absolute Gasteiger partial charge is 0.507 e. The van der Waals surface area contributed by atoms with Crippen LogP contribution < -0.4 is 11.0 Å². The van der Waals surface area contributed by atoms with Crippen molar-refractivity contribution in [3.05, 3.63) is 57.0 Å². The summed E-state index contributed by atoms with van der Waals surface area (Å²) >= 11 is 1.59. The van der Waals surface area contributed by atoms with Crippen molar-refractivity contribution in [1.82, 2.24) is 15.0 Å². The van der Waals surface area contributed by atoms with E-state index in [1.54, 1.807) is 36.5 Å². The Morgan fingerprint density at radius 2 is 2.24 bits per heavy atom. The van der Waals surface area contributed by atoms with Crippen LogP contribution in [0.1, 0.15) is 42.3 Å². The molecule has 2 N–H and O–H groups in total. The van der Waals surface area contributed by atoms with Crippen molar-refractivity contribution < 1.29 is 9.90 Å². The van der Waals surface area contributed by atoms with Crippen LogP contribution in [0.2, 0.25) is 0 Å². The first kappa shape index (κ1) is 19.3. The number of aryl methyl sites for hydroxylation is 1. The van der Waals surface area contributed by atoms with Crippen molar-refractivity contribution in [1.29, 1.82) is 0 Å². The minimum absolute atomic E-state index is 0.0703. The normalized spacial score (nSPS) is 17.4. The number of hydrazone groups is 1. The summed E-state index contributed by atoms with van der Waals surface area (Å²) in [6, 6.07) is 5.91. The molecule has 1 aromatic carbocycles. The van der Waals surface area contributed by atoms with Gasteiger partial charge in [0.15, 0.2) is 0 Å². The molecule has 0 unspecified atom stereocenters. The van der Waals surface area contributed by atoms with Gasteiger partial charge < -0.3 is 5.11 Å². The number of aromatic nitrogens is 2. The zero-order chi connectivity index (χ0) is 20.5. The third-order valence-corrected chi connectivity index (χ3v) is 6.52. The number of fused-ring (bicyclic) bond motifs is 3. The summed E-state index contributed by atoms with van der Waals surface area (Å²) in [4.78, 5) is 32.0. The molecule has 2 heterocycles. The average Bonchev–Trinajstić information content (AvgIpc) is 3.07. The minimum Gasteiger partial charge on any atom is -0.507 e. The molecule has 150 valence electrons. The Bertz CT molecular complexity index is 1160. The average molecular weight is 410 g/mol. The first-order chi connectivity index (χ1) is 14.0. The van der Waals surface area contributed by atoms with Crippen LogP contribution in [-0.4, -0.2) is 26.8 Å². The molecule has 0 saturated carbocycles. The molecule has 3 aromatic rings. The lowest BCUT2D eigenvalue weighted by atomic mass is 9.89. The number of aromatic hydroxyl groups is 1. The molecule has 1 aliphatic carbocycles. The van der Waals surface area contributed by atoms with Gasteiger partial charge in [-0.3, -0.25) is 14.2 Å². The molecule has 8 heteroatoms. The number of phenols is 1. The van der Waals surface area contributed by atoms with Gasteiger partial charge in [-0.1, -0.05) is 19.1 Å². The number of hydrogen-bond donors (Lipinski definition) is 2. The maximum Gasteiger partial charge on any atom is 0.263 e. The van der Waals surface area contributed by atoms with E-state index in [4.69, 9.17) is 0 Å². The smallest absolute Gasteiger partial charge is 0.263 e. The Labute approximate surface area is 171 Å². The van der Waals surface area contributed by atoms with Gasteiger partial charge in [0.05, 0.1) is 17.9 Å². The lowest BCUT2D eigenvalue weighted by molar-refractivity contribution is -0.123. The zero-order valence-electron chi connectivity index (χ0n) is 16.3. The van der Waals surface area contributed by atoms with E-state index >= 15 is 0 Å². The lowest BCUT2D eigenvalue weighted by Gasteiger charge is -2.18. The fourth-order valence-corrected chi connectivity index (χ4v) is 4.94. The zero-order valence-corrected chi connectivity index (χ0v) is 17.1. The number of thiophene rings is 1. The number of rotatable bonds is 4. The Hall–Kier alpha value is -3.00. The van der Waals surface area contributed by atoms with E-state index in [2.05, 4.69) is 22.4 Å². The van der Waals surface area contributed by atoms with Crippen molar-refractivity contribution in [3.63, 3.8) is 0 Å². The Kier molecular flexibility index (Phi) is 5.19. The quantitative estimate of drug-likeness (QED) is 0.510. The van der Waals surface area contributed by atoms with Crippen molar-refractivity contribution in [2.45, 2.75) is 39.2 Å². The highest BCUT2D eigenvalue weighted by Gasteiger charge is 2.25. The van der Waals surface area contributed by atoms with Gasteiger partial charge in [-0.25, -0.2) is 10.4 Å². The molecule has 1 aliphatic rings. The summed E-state index contributed by atoms with van der Waals surface area (Å²) in [5.74, 6) is 0.253. The maximum atomic E-state index is 13.1. The van der Waals surface area contributed by atoms with Crippen molar-refractivity contribution in [3.8, 4) is 5.75 Å². The molecule has 2 atom stereocenters. The highest BCUT2D eigenvalue weighted by molar-refractivity contribution is 7.18. The summed E-state index contributed by atoms with van der Waals surface area (Å²) in [5.41, 5.74) is 3.83. The molecule has 0 bridgehead atoms. The first-order valence-corrected chi connectivity index (χ1v) is 10.4. The van der Waals surface area contributed by atoms with Gasteiger partial charge in [0.25, 0.3) is 11.5 Å². The minimum atomic E-state index is -0.765. The number of benzene rings is 1. The molecule has 29 heavy (non-hydrogen) atoms. The summed E-state index contributed by atoms with van der Waals surface area (Å²) in [7, 11) is 0. The predicted octanol–water partition coefficient (Wildman–Crippen LogP) is 3.00. The van der Waals surface area contributed by atoms with E-state index in [9.17, 15) is 14.7 Å². The van der Waals surface area contributed by atoms with Gasteiger partial charge in [-0.2, -0.15) is 5.10 Å². The van der Waals surface area contributed by atoms with Crippen molar-refractivity contribution in [2.24, 2.45) is 11.0 Å². The van der Waals surface area contributed by atoms with Crippen LogP contribution in [0.3, 0.4) is 0 Å². The van der Waals surface area contributed by atoms with Gasteiger partial charge in [0.2, 0.25) is 0 Å². The Morgan fingerprint density at radius 3 is 3.03 bits per heavy atom. The molecular weight excluding hydrogens is 388 g/mol. The first-order valence-electron chi connectivity index (χ1n) is 9.58. The number of carbonyl (C=O) groups excluding carboxylic acids is 1. The summed E-state index contributed by atoms with van der Waals surface area (Å²) in [6.45, 7) is 3.86. The molecule has 1 amide bonds. The van der Waals surface area contributed by atoms with E-state index in [-0.39, 0.29) is 11.3 Å². The molecule has 0 saturated heterocycles. The molecule has 0 fully saturated rings. The van der Waals surface area contributed by atoms with Gasteiger partial charge in [0, 0.05) is 10.4 Å². The fraction of sp³-hybridized carbons (Fsp3) is 0.333. The van der Waals surface area contributed by atoms with Crippen LogP contribution >= 0.6 is 11.3 Å². The molecule has 0 aliphatic heterocycles. The second-order valence-corrected chi connectivity index (χ2v) is 8.54. The van der Waals surface area contributed by atoms with E-state index in [1.807, 2.05) is 0 Å². The summed E-state index contributed by atoms with van der Waals surface area (Å²) in [6.07, 6.45) is 5.72. The van der Waals surface area contributed by atoms with Crippen LogP contribution in [0.4, 0.5) is 0 Å². The van der Waals surface area contributed by atoms with Gasteiger partial charge in [-0.05, 0) is 49.8 Å². The van der Waals surface area contributed by atoms with Gasteiger partial charge in [0.1, 0.15) is 16.6 Å². The van der Waals surface area contributed by atoms with Crippen LogP contribution in [0.25, 0.3) is 10.2 Å². The number of amides is 1. The van der Waals surface area contributed by atoms with Crippen molar-refractivity contribution >= 4 is 33.7 Å². The third kappa shape index (κ3) is 3.67. The molecule has 0 spiro atoms. The molecule has 0 radical (unpaired) electrons. The monoisotopic (exact) mass is 410 g/mol. The lowest BCUT2D eigenvalue weighted by Crippen LogP contribution is -2.34. The van der Waals surface area contributed by atoms with E-state index in [0.717, 1.165) is 29.7 Å². The molecule has 4 rings (SSSR count). The Morgan fingerprint density at radius 1 is 1.45 bits per heavy atom. The van der Waals surface area contributed by atoms with Gasteiger partial charge in [-0.15, -0.1) is 11.3 Å². The van der Waals surface area contributed by atoms with Gasteiger partial charge >= 0.3 is 0 Å². The summed E-state index contributed by atoms with van der Waals surface area (Å²) in [5, 5.41) is 14.3. The van der Waals surface area contributed by atoms with E-state index in [1.165, 1.54) is 28.1 Å². The topological polar surface area (TPSA) is 96.6 Å². The highest BCUT2D eigenvalue weighted by Crippen LogP contribution is 2.35. The molecule has 2 aromatic heterocycles. The summed E-state index contributed by atoms with van der Waals surface area (Å²) < 4.78 is 1.36. The highest BCUT2D eigenvalue weighted by atomic mass is 32.1. The van der Waals surface area contributed by atoms with Crippen LogP contribution in [-0.2, 0) is 17.6 Å². The number of nitrogens with one attached hydrogen (secondary N) is 1. The van der Waals surface area contributed by atoms with E-state index < -0.39 is 11.9 Å². The second kappa shape index (κ2) is 7.79. The van der Waals surface area contributed by atoms with Crippen LogP contribution in [0, 0.1) is 5.92 Å². The predicted molar refractivity (Wildman–Crippen MR) is 114 cm³/mol. The Balaban J connectivity index is 1.57. The van der Waals surface area contributed by atoms with Crippen LogP contribution in [0.15, 0.2) is 40.5 Å². The molecular formula is C21H22N4O3S. The number of carbonyl (C=O) groups is 1. The number of hydrogen-bond acceptors (Lipinski definition) is 6. The maximum absolute atomic E-state index is 13.1.